The van der Waals surface area contributed by atoms with Gasteiger partial charge in [0.25, 0.3) is 0 Å². The van der Waals surface area contributed by atoms with Crippen molar-refractivity contribution in [2.45, 2.75) is 0 Å². The monoisotopic (exact) mass is 326 g/mol. The largest absolute Gasteiger partial charge is 0.484 e. The molecule has 0 aliphatic carbocycles. The van der Waals surface area contributed by atoms with Crippen LogP contribution in [0.3, 0.4) is 0 Å². The van der Waals surface area contributed by atoms with Crippen molar-refractivity contribution in [2.75, 3.05) is 6.61 Å². The van der Waals surface area contributed by atoms with Crippen LogP contribution in [0.5, 0.6) is 5.75 Å². The predicted molar refractivity (Wildman–Crippen MR) is 70.3 cm³/mol. The highest BCUT2D eigenvalue weighted by atomic mass is 79.9. The van der Waals surface area contributed by atoms with Crippen LogP contribution in [0, 0.1) is 11.6 Å². The Kier molecular flexibility index (Phi) is 4.27. The average Bonchev–Trinajstić information content (AvgIpc) is 2.40. The number of hydrogen-bond donors (Lipinski definition) is 0. The van der Waals surface area contributed by atoms with E-state index in [2.05, 4.69) is 15.9 Å². The van der Waals surface area contributed by atoms with E-state index in [1.807, 2.05) is 6.07 Å². The number of para-hydroxylation sites is 1. The molecule has 98 valence electrons. The van der Waals surface area contributed by atoms with Gasteiger partial charge in [0.2, 0.25) is 0 Å². The molecule has 2 aromatic carbocycles. The number of carbonyl (C=O) groups excluding carboxylic acids is 1. The van der Waals surface area contributed by atoms with Gasteiger partial charge < -0.3 is 4.74 Å². The Labute approximate surface area is 117 Å². The van der Waals surface area contributed by atoms with Crippen molar-refractivity contribution in [1.29, 1.82) is 0 Å². The van der Waals surface area contributed by atoms with E-state index in [1.165, 1.54) is 6.07 Å². The molecule has 0 saturated heterocycles. The first-order chi connectivity index (χ1) is 9.08. The molecule has 0 bridgehead atoms. The zero-order valence-corrected chi connectivity index (χ0v) is 11.3. The van der Waals surface area contributed by atoms with E-state index < -0.39 is 17.4 Å². The summed E-state index contributed by atoms with van der Waals surface area (Å²) >= 11 is 3.28. The number of benzene rings is 2. The normalized spacial score (nSPS) is 10.3. The van der Waals surface area contributed by atoms with Gasteiger partial charge in [-0.25, -0.2) is 8.78 Å². The van der Waals surface area contributed by atoms with Gasteiger partial charge in [0.15, 0.2) is 24.0 Å². The van der Waals surface area contributed by atoms with Crippen LogP contribution in [0.15, 0.2) is 46.9 Å². The molecule has 2 aromatic rings. The van der Waals surface area contributed by atoms with Gasteiger partial charge in [0, 0.05) is 5.56 Å². The summed E-state index contributed by atoms with van der Waals surface area (Å²) in [5.74, 6) is -1.94. The van der Waals surface area contributed by atoms with Gasteiger partial charge in [-0.15, -0.1) is 0 Å². The Balaban J connectivity index is 2.05. The number of Topliss-reactive ketones (excluding diaryl/α,β-unsaturated/α-hetero) is 1. The Morgan fingerprint density at radius 2 is 1.84 bits per heavy atom. The number of ether oxygens (including phenoxy) is 1. The van der Waals surface area contributed by atoms with E-state index in [0.717, 1.165) is 12.1 Å². The molecule has 0 amide bonds. The fourth-order valence-electron chi connectivity index (χ4n) is 1.46. The van der Waals surface area contributed by atoms with E-state index in [0.29, 0.717) is 10.2 Å². The van der Waals surface area contributed by atoms with Crippen LogP contribution in [0.4, 0.5) is 8.78 Å². The number of hydrogen-bond acceptors (Lipinski definition) is 2. The van der Waals surface area contributed by atoms with E-state index in [4.69, 9.17) is 4.74 Å². The Morgan fingerprint density at radius 3 is 2.53 bits per heavy atom. The minimum atomic E-state index is -1.05. The van der Waals surface area contributed by atoms with E-state index in [-0.39, 0.29) is 12.2 Å². The lowest BCUT2D eigenvalue weighted by Gasteiger charge is -2.07. The Bertz CT molecular complexity index is 614. The lowest BCUT2D eigenvalue weighted by molar-refractivity contribution is 0.0920. The first-order valence-corrected chi connectivity index (χ1v) is 6.23. The van der Waals surface area contributed by atoms with Crippen molar-refractivity contribution in [2.24, 2.45) is 0 Å². The van der Waals surface area contributed by atoms with Gasteiger partial charge >= 0.3 is 0 Å². The maximum atomic E-state index is 13.0. The first kappa shape index (κ1) is 13.7. The summed E-state index contributed by atoms with van der Waals surface area (Å²) in [6, 6.07) is 10.1. The number of ketones is 1. The minimum absolute atomic E-state index is 0.0750. The molecule has 0 unspecified atom stereocenters. The van der Waals surface area contributed by atoms with E-state index >= 15 is 0 Å². The van der Waals surface area contributed by atoms with Crippen LogP contribution in [-0.2, 0) is 0 Å². The second-order valence-corrected chi connectivity index (χ2v) is 4.63. The average molecular weight is 327 g/mol. The molecular weight excluding hydrogens is 318 g/mol. The Hall–Kier alpha value is -1.75. The number of halogens is 3. The van der Waals surface area contributed by atoms with Crippen molar-refractivity contribution in [3.63, 3.8) is 0 Å². The molecule has 0 saturated carbocycles. The molecule has 0 heterocycles. The van der Waals surface area contributed by atoms with Crippen molar-refractivity contribution < 1.29 is 18.3 Å². The van der Waals surface area contributed by atoms with Gasteiger partial charge in [0.05, 0.1) is 4.47 Å². The topological polar surface area (TPSA) is 26.3 Å². The molecule has 0 fully saturated rings. The van der Waals surface area contributed by atoms with Crippen LogP contribution < -0.4 is 4.74 Å². The Morgan fingerprint density at radius 1 is 1.11 bits per heavy atom. The van der Waals surface area contributed by atoms with Crippen molar-refractivity contribution in [1.82, 2.24) is 0 Å². The summed E-state index contributed by atoms with van der Waals surface area (Å²) < 4.78 is 31.8. The SMILES string of the molecule is O=C(COc1ccccc1Br)c1ccc(F)c(F)c1. The van der Waals surface area contributed by atoms with Gasteiger partial charge in [-0.05, 0) is 46.3 Å². The molecule has 5 heteroatoms. The summed E-state index contributed by atoms with van der Waals surface area (Å²) in [5.41, 5.74) is 0.0750. The smallest absolute Gasteiger partial charge is 0.200 e. The molecule has 2 nitrogen and oxygen atoms in total. The highest BCUT2D eigenvalue weighted by molar-refractivity contribution is 9.10. The minimum Gasteiger partial charge on any atom is -0.484 e. The number of rotatable bonds is 4. The van der Waals surface area contributed by atoms with Crippen molar-refractivity contribution in [3.05, 3.63) is 64.1 Å². The molecular formula is C14H9BrF2O2. The molecule has 0 radical (unpaired) electrons. The van der Waals surface area contributed by atoms with Crippen LogP contribution >= 0.6 is 15.9 Å². The molecule has 0 aliphatic heterocycles. The highest BCUT2D eigenvalue weighted by Gasteiger charge is 2.11. The molecule has 0 N–H and O–H groups in total. The predicted octanol–water partition coefficient (Wildman–Crippen LogP) is 3.99. The maximum Gasteiger partial charge on any atom is 0.200 e. The second kappa shape index (κ2) is 5.93. The summed E-state index contributed by atoms with van der Waals surface area (Å²) in [6.07, 6.45) is 0. The standard InChI is InChI=1S/C14H9BrF2O2/c15-10-3-1-2-4-14(10)19-8-13(18)9-5-6-11(16)12(17)7-9/h1-7H,8H2. The quantitative estimate of drug-likeness (QED) is 0.794. The highest BCUT2D eigenvalue weighted by Crippen LogP contribution is 2.23. The number of carbonyl (C=O) groups is 1. The molecule has 0 aliphatic rings. The molecule has 0 spiro atoms. The molecule has 0 atom stereocenters. The maximum absolute atomic E-state index is 13.0. The first-order valence-electron chi connectivity index (χ1n) is 5.43. The fourth-order valence-corrected chi connectivity index (χ4v) is 1.86. The van der Waals surface area contributed by atoms with Gasteiger partial charge in [-0.2, -0.15) is 0 Å². The van der Waals surface area contributed by atoms with Crippen molar-refractivity contribution >= 4 is 21.7 Å². The summed E-state index contributed by atoms with van der Waals surface area (Å²) in [4.78, 5) is 11.8. The third-order valence-electron chi connectivity index (χ3n) is 2.44. The van der Waals surface area contributed by atoms with Gasteiger partial charge in [-0.3, -0.25) is 4.79 Å². The summed E-state index contributed by atoms with van der Waals surface area (Å²) in [5, 5.41) is 0. The van der Waals surface area contributed by atoms with Gasteiger partial charge in [-0.1, -0.05) is 12.1 Å². The second-order valence-electron chi connectivity index (χ2n) is 3.77. The zero-order chi connectivity index (χ0) is 13.8. The van der Waals surface area contributed by atoms with E-state index in [1.54, 1.807) is 18.2 Å². The van der Waals surface area contributed by atoms with Crippen LogP contribution in [-0.4, -0.2) is 12.4 Å². The molecule has 19 heavy (non-hydrogen) atoms. The zero-order valence-electron chi connectivity index (χ0n) is 9.70. The summed E-state index contributed by atoms with van der Waals surface area (Å²) in [7, 11) is 0. The van der Waals surface area contributed by atoms with E-state index in [9.17, 15) is 13.6 Å². The lowest BCUT2D eigenvalue weighted by Crippen LogP contribution is -2.12. The fraction of sp³-hybridized carbons (Fsp3) is 0.0714. The molecule has 2 rings (SSSR count). The van der Waals surface area contributed by atoms with Crippen LogP contribution in [0.25, 0.3) is 0 Å². The molecule has 0 aromatic heterocycles. The summed E-state index contributed by atoms with van der Waals surface area (Å²) in [6.45, 7) is -0.242. The van der Waals surface area contributed by atoms with Gasteiger partial charge in [0.1, 0.15) is 5.75 Å². The van der Waals surface area contributed by atoms with Crippen LogP contribution in [0.2, 0.25) is 0 Å². The third-order valence-corrected chi connectivity index (χ3v) is 3.09. The lowest BCUT2D eigenvalue weighted by atomic mass is 10.1. The van der Waals surface area contributed by atoms with Crippen LogP contribution in [0.1, 0.15) is 10.4 Å². The third kappa shape index (κ3) is 3.38. The van der Waals surface area contributed by atoms with Crippen molar-refractivity contribution in [3.8, 4) is 5.75 Å².